The second kappa shape index (κ2) is 9.03. The summed E-state index contributed by atoms with van der Waals surface area (Å²) in [5.41, 5.74) is 1.05. The number of carbonyl (C=O) groups excluding carboxylic acids is 2. The normalized spacial score (nSPS) is 25.5. The molecule has 1 N–H and O–H groups in total. The summed E-state index contributed by atoms with van der Waals surface area (Å²) < 4.78 is 0. The lowest BCUT2D eigenvalue weighted by atomic mass is 9.80. The van der Waals surface area contributed by atoms with Crippen LogP contribution in [-0.4, -0.2) is 29.3 Å². The number of likely N-dealkylation sites (tertiary alicyclic amines) is 1. The van der Waals surface area contributed by atoms with E-state index >= 15 is 0 Å². The Labute approximate surface area is 161 Å². The Balaban J connectivity index is 1.54. The molecule has 1 aliphatic carbocycles. The molecule has 3 rings (SSSR count). The number of carbonyl (C=O) groups is 2. The van der Waals surface area contributed by atoms with Crippen molar-refractivity contribution in [3.63, 3.8) is 0 Å². The third kappa shape index (κ3) is 4.50. The van der Waals surface area contributed by atoms with Gasteiger partial charge in [0.25, 0.3) is 0 Å². The molecule has 1 aromatic rings. The van der Waals surface area contributed by atoms with Gasteiger partial charge in [0.15, 0.2) is 0 Å². The van der Waals surface area contributed by atoms with Gasteiger partial charge in [-0.1, -0.05) is 19.1 Å². The predicted molar refractivity (Wildman–Crippen MR) is 105 cm³/mol. The average Bonchev–Trinajstić information content (AvgIpc) is 2.73. The summed E-state index contributed by atoms with van der Waals surface area (Å²) in [4.78, 5) is 27.7. The number of hydrogen-bond acceptors (Lipinski definition) is 3. The van der Waals surface area contributed by atoms with Gasteiger partial charge in [-0.25, -0.2) is 0 Å². The molecule has 0 bridgehead atoms. The number of hydrogen-bond donors (Lipinski definition) is 1. The van der Waals surface area contributed by atoms with E-state index in [0.29, 0.717) is 23.2 Å². The monoisotopic (exact) mass is 367 g/mol. The second-order valence-electron chi connectivity index (χ2n) is 7.78. The van der Waals surface area contributed by atoms with Gasteiger partial charge >= 0.3 is 0 Å². The number of para-hydroxylation sites is 1. The molecule has 1 unspecified atom stereocenters. The van der Waals surface area contributed by atoms with Crippen LogP contribution in [0.5, 0.6) is 0 Å². The molecule has 1 saturated heterocycles. The summed E-state index contributed by atoms with van der Waals surface area (Å²) >= 11 is 0. The number of rotatable bonds is 4. The van der Waals surface area contributed by atoms with Crippen LogP contribution < -0.4 is 5.32 Å². The van der Waals surface area contributed by atoms with Crippen LogP contribution in [0.15, 0.2) is 24.3 Å². The lowest BCUT2D eigenvalue weighted by Gasteiger charge is -2.39. The van der Waals surface area contributed by atoms with Crippen molar-refractivity contribution in [3.8, 4) is 6.07 Å². The maximum Gasteiger partial charge on any atom is 0.227 e. The highest BCUT2D eigenvalue weighted by Gasteiger charge is 2.35. The fourth-order valence-corrected chi connectivity index (χ4v) is 4.48. The van der Waals surface area contributed by atoms with Crippen LogP contribution in [0.2, 0.25) is 0 Å². The summed E-state index contributed by atoms with van der Waals surface area (Å²) in [6.07, 6.45) is 7.52. The number of amides is 2. The number of nitriles is 1. The highest BCUT2D eigenvalue weighted by Crippen LogP contribution is 2.33. The fraction of sp³-hybridized carbons (Fsp3) is 0.591. The lowest BCUT2D eigenvalue weighted by Crippen LogP contribution is -2.47. The zero-order valence-electron chi connectivity index (χ0n) is 16.1. The minimum absolute atomic E-state index is 0.0343. The van der Waals surface area contributed by atoms with Gasteiger partial charge in [-0.15, -0.1) is 0 Å². The first-order chi connectivity index (χ1) is 13.1. The molecule has 1 aromatic carbocycles. The smallest absolute Gasteiger partial charge is 0.227 e. The summed E-state index contributed by atoms with van der Waals surface area (Å²) in [5.74, 6) is 0.250. The maximum absolute atomic E-state index is 13.0. The van der Waals surface area contributed by atoms with Crippen molar-refractivity contribution in [2.45, 2.75) is 64.3 Å². The Kier molecular flexibility index (Phi) is 6.49. The number of nitrogens with zero attached hydrogens (tertiary/aromatic N) is 2. The van der Waals surface area contributed by atoms with Crippen LogP contribution in [0.25, 0.3) is 0 Å². The summed E-state index contributed by atoms with van der Waals surface area (Å²) in [7, 11) is 0. The zero-order valence-corrected chi connectivity index (χ0v) is 16.1. The van der Waals surface area contributed by atoms with Gasteiger partial charge in [0.05, 0.1) is 11.3 Å². The Hall–Kier alpha value is -2.35. The molecule has 5 heteroatoms. The third-order valence-electron chi connectivity index (χ3n) is 6.13. The van der Waals surface area contributed by atoms with Crippen molar-refractivity contribution in [1.82, 2.24) is 4.90 Å². The van der Waals surface area contributed by atoms with Crippen molar-refractivity contribution in [2.75, 3.05) is 11.9 Å². The molecule has 5 nitrogen and oxygen atoms in total. The van der Waals surface area contributed by atoms with E-state index in [0.717, 1.165) is 51.5 Å². The van der Waals surface area contributed by atoms with Crippen LogP contribution >= 0.6 is 0 Å². The maximum atomic E-state index is 13.0. The molecule has 0 radical (unpaired) electrons. The lowest BCUT2D eigenvalue weighted by molar-refractivity contribution is -0.141. The SMILES string of the molecule is CCC1CCCCN1C(=O)C1CCC(C(=O)Nc2ccccc2C#N)CC1. The van der Waals surface area contributed by atoms with Gasteiger partial charge in [-0.3, -0.25) is 9.59 Å². The van der Waals surface area contributed by atoms with Gasteiger partial charge in [0, 0.05) is 24.4 Å². The van der Waals surface area contributed by atoms with Crippen molar-refractivity contribution < 1.29 is 9.59 Å². The Morgan fingerprint density at radius 3 is 2.52 bits per heavy atom. The molecule has 1 heterocycles. The van der Waals surface area contributed by atoms with Gasteiger partial charge in [0.1, 0.15) is 6.07 Å². The standard InChI is InChI=1S/C22H29N3O2/c1-2-19-8-5-6-14-25(19)22(27)17-12-10-16(11-13-17)21(26)24-20-9-4-3-7-18(20)15-23/h3-4,7,9,16-17,19H,2,5-6,8,10-14H2,1H3,(H,24,26). The van der Waals surface area contributed by atoms with Crippen LogP contribution in [0.3, 0.4) is 0 Å². The number of nitrogens with one attached hydrogen (secondary N) is 1. The van der Waals surface area contributed by atoms with Crippen LogP contribution in [0.1, 0.15) is 63.9 Å². The van der Waals surface area contributed by atoms with E-state index in [-0.39, 0.29) is 17.7 Å². The van der Waals surface area contributed by atoms with Crippen LogP contribution in [-0.2, 0) is 9.59 Å². The number of piperidine rings is 1. The first kappa shape index (κ1) is 19.4. The Morgan fingerprint density at radius 1 is 1.11 bits per heavy atom. The minimum Gasteiger partial charge on any atom is -0.339 e. The van der Waals surface area contributed by atoms with E-state index in [1.807, 2.05) is 6.07 Å². The van der Waals surface area contributed by atoms with Gasteiger partial charge < -0.3 is 10.2 Å². The van der Waals surface area contributed by atoms with E-state index in [1.54, 1.807) is 18.2 Å². The van der Waals surface area contributed by atoms with Gasteiger partial charge in [-0.05, 0) is 63.5 Å². The first-order valence-electron chi connectivity index (χ1n) is 10.2. The van der Waals surface area contributed by atoms with E-state index in [4.69, 9.17) is 5.26 Å². The molecular formula is C22H29N3O2. The highest BCUT2D eigenvalue weighted by atomic mass is 16.2. The quantitative estimate of drug-likeness (QED) is 0.871. The largest absolute Gasteiger partial charge is 0.339 e. The molecule has 2 fully saturated rings. The molecule has 1 saturated carbocycles. The van der Waals surface area contributed by atoms with Crippen molar-refractivity contribution in [1.29, 1.82) is 5.26 Å². The fourth-order valence-electron chi connectivity index (χ4n) is 4.48. The highest BCUT2D eigenvalue weighted by molar-refractivity contribution is 5.94. The first-order valence-corrected chi connectivity index (χ1v) is 10.2. The molecule has 2 aliphatic rings. The molecule has 2 amide bonds. The van der Waals surface area contributed by atoms with E-state index in [2.05, 4.69) is 23.2 Å². The molecular weight excluding hydrogens is 338 g/mol. The van der Waals surface area contributed by atoms with Crippen LogP contribution in [0.4, 0.5) is 5.69 Å². The Morgan fingerprint density at radius 2 is 1.81 bits per heavy atom. The predicted octanol–water partition coefficient (Wildman–Crippen LogP) is 4.09. The van der Waals surface area contributed by atoms with E-state index in [9.17, 15) is 9.59 Å². The molecule has 1 atom stereocenters. The zero-order chi connectivity index (χ0) is 19.2. The summed E-state index contributed by atoms with van der Waals surface area (Å²) in [6, 6.07) is 9.57. The second-order valence-corrected chi connectivity index (χ2v) is 7.78. The molecule has 0 aromatic heterocycles. The average molecular weight is 367 g/mol. The van der Waals surface area contributed by atoms with Crippen molar-refractivity contribution in [2.24, 2.45) is 11.8 Å². The van der Waals surface area contributed by atoms with E-state index < -0.39 is 0 Å². The third-order valence-corrected chi connectivity index (χ3v) is 6.13. The summed E-state index contributed by atoms with van der Waals surface area (Å²) in [5, 5.41) is 12.1. The van der Waals surface area contributed by atoms with Crippen LogP contribution in [0, 0.1) is 23.2 Å². The molecule has 0 spiro atoms. The number of benzene rings is 1. The number of anilines is 1. The summed E-state index contributed by atoms with van der Waals surface area (Å²) in [6.45, 7) is 3.05. The molecule has 27 heavy (non-hydrogen) atoms. The van der Waals surface area contributed by atoms with Gasteiger partial charge in [0.2, 0.25) is 11.8 Å². The van der Waals surface area contributed by atoms with Gasteiger partial charge in [-0.2, -0.15) is 5.26 Å². The molecule has 1 aliphatic heterocycles. The van der Waals surface area contributed by atoms with Crippen molar-refractivity contribution >= 4 is 17.5 Å². The van der Waals surface area contributed by atoms with Crippen molar-refractivity contribution in [3.05, 3.63) is 29.8 Å². The Bertz CT molecular complexity index is 717. The van der Waals surface area contributed by atoms with E-state index in [1.165, 1.54) is 6.42 Å². The molecule has 144 valence electrons. The minimum atomic E-state index is -0.0795. The topological polar surface area (TPSA) is 73.2 Å².